The highest BCUT2D eigenvalue weighted by molar-refractivity contribution is 7.89. The first-order chi connectivity index (χ1) is 13.0. The fourth-order valence-electron chi connectivity index (χ4n) is 4.21. The number of anilines is 1. The fourth-order valence-corrected chi connectivity index (χ4v) is 5.29. The summed E-state index contributed by atoms with van der Waals surface area (Å²) in [6.07, 6.45) is 11.5. The van der Waals surface area contributed by atoms with Crippen molar-refractivity contribution in [1.29, 1.82) is 0 Å². The van der Waals surface area contributed by atoms with Crippen molar-refractivity contribution in [1.82, 2.24) is 4.72 Å². The van der Waals surface area contributed by atoms with E-state index in [1.807, 2.05) is 4.90 Å². The number of benzene rings is 1. The number of hydrogen-bond acceptors (Lipinski definition) is 3. The molecule has 1 fully saturated rings. The second-order valence-electron chi connectivity index (χ2n) is 7.91. The first-order valence-electron chi connectivity index (χ1n) is 10.2. The largest absolute Gasteiger partial charge is 0.312 e. The van der Waals surface area contributed by atoms with Gasteiger partial charge in [0.05, 0.1) is 4.90 Å². The zero-order valence-corrected chi connectivity index (χ0v) is 16.6. The third-order valence-electron chi connectivity index (χ3n) is 6.10. The Hall–Kier alpha value is -1.66. The molecule has 1 aliphatic heterocycles. The molecule has 0 bridgehead atoms. The summed E-state index contributed by atoms with van der Waals surface area (Å²) in [7, 11) is -3.51. The third-order valence-corrected chi connectivity index (χ3v) is 7.56. The predicted molar refractivity (Wildman–Crippen MR) is 106 cm³/mol. The van der Waals surface area contributed by atoms with E-state index in [2.05, 4.69) is 10.8 Å². The lowest BCUT2D eigenvalue weighted by atomic mass is 9.84. The molecule has 27 heavy (non-hydrogen) atoms. The summed E-state index contributed by atoms with van der Waals surface area (Å²) >= 11 is 0. The second kappa shape index (κ2) is 7.76. The molecule has 0 atom stereocenters. The maximum Gasteiger partial charge on any atom is 0.240 e. The summed E-state index contributed by atoms with van der Waals surface area (Å²) in [5, 5.41) is 0. The van der Waals surface area contributed by atoms with Gasteiger partial charge in [-0.15, -0.1) is 0 Å². The van der Waals surface area contributed by atoms with Crippen LogP contribution in [0, 0.1) is 5.92 Å². The van der Waals surface area contributed by atoms with Crippen molar-refractivity contribution < 1.29 is 13.2 Å². The van der Waals surface area contributed by atoms with E-state index in [0.29, 0.717) is 18.0 Å². The van der Waals surface area contributed by atoms with Gasteiger partial charge in [-0.2, -0.15) is 0 Å². The van der Waals surface area contributed by atoms with Gasteiger partial charge in [0, 0.05) is 24.7 Å². The zero-order valence-electron chi connectivity index (χ0n) is 15.7. The van der Waals surface area contributed by atoms with Crippen molar-refractivity contribution in [3.05, 3.63) is 35.4 Å². The SMILES string of the molecule is O=C(C1CCC1)N1CCc2cc(S(=O)(=O)NCCC3=CCCCC3)ccc21. The number of allylic oxidation sites excluding steroid dienone is 1. The maximum absolute atomic E-state index is 12.6. The summed E-state index contributed by atoms with van der Waals surface area (Å²) in [4.78, 5) is 14.7. The molecule has 1 aromatic carbocycles. The molecule has 3 aliphatic rings. The van der Waals surface area contributed by atoms with E-state index in [1.165, 1.54) is 18.4 Å². The molecule has 0 aromatic heterocycles. The van der Waals surface area contributed by atoms with Crippen LogP contribution in [-0.2, 0) is 21.2 Å². The number of hydrogen-bond donors (Lipinski definition) is 1. The molecule has 0 spiro atoms. The van der Waals surface area contributed by atoms with Crippen molar-refractivity contribution >= 4 is 21.6 Å². The Kier molecular flexibility index (Phi) is 5.37. The first-order valence-corrected chi connectivity index (χ1v) is 11.6. The highest BCUT2D eigenvalue weighted by Crippen LogP contribution is 2.35. The predicted octanol–water partition coefficient (Wildman–Crippen LogP) is 3.54. The van der Waals surface area contributed by atoms with Crippen LogP contribution in [0.15, 0.2) is 34.7 Å². The summed E-state index contributed by atoms with van der Waals surface area (Å²) < 4.78 is 28.0. The minimum absolute atomic E-state index is 0.162. The van der Waals surface area contributed by atoms with E-state index in [1.54, 1.807) is 18.2 Å². The normalized spacial score (nSPS) is 20.1. The van der Waals surface area contributed by atoms with E-state index < -0.39 is 10.0 Å². The van der Waals surface area contributed by atoms with Crippen LogP contribution in [0.1, 0.15) is 56.9 Å². The topological polar surface area (TPSA) is 66.5 Å². The first kappa shape index (κ1) is 18.7. The van der Waals surface area contributed by atoms with Crippen molar-refractivity contribution in [3.8, 4) is 0 Å². The van der Waals surface area contributed by atoms with Crippen LogP contribution in [0.4, 0.5) is 5.69 Å². The van der Waals surface area contributed by atoms with Gasteiger partial charge in [0.1, 0.15) is 0 Å². The van der Waals surface area contributed by atoms with Crippen LogP contribution >= 0.6 is 0 Å². The van der Waals surface area contributed by atoms with Gasteiger partial charge in [-0.05, 0) is 75.1 Å². The van der Waals surface area contributed by atoms with Gasteiger partial charge in [-0.1, -0.05) is 18.1 Å². The van der Waals surface area contributed by atoms with Gasteiger partial charge >= 0.3 is 0 Å². The van der Waals surface area contributed by atoms with Gasteiger partial charge in [0.2, 0.25) is 15.9 Å². The standard InChI is InChI=1S/C21H28N2O3S/c24-21(17-7-4-8-17)23-14-12-18-15-19(9-10-20(18)23)27(25,26)22-13-11-16-5-2-1-3-6-16/h5,9-10,15,17,22H,1-4,6-8,11-14H2. The van der Waals surface area contributed by atoms with Crippen LogP contribution in [0.2, 0.25) is 0 Å². The lowest BCUT2D eigenvalue weighted by Gasteiger charge is -2.29. The van der Waals surface area contributed by atoms with E-state index in [4.69, 9.17) is 0 Å². The quantitative estimate of drug-likeness (QED) is 0.758. The zero-order chi connectivity index (χ0) is 18.9. The Bertz CT molecular complexity index is 856. The molecule has 6 heteroatoms. The molecule has 0 saturated heterocycles. The van der Waals surface area contributed by atoms with Crippen LogP contribution in [0.3, 0.4) is 0 Å². The lowest BCUT2D eigenvalue weighted by molar-refractivity contribution is -0.124. The van der Waals surface area contributed by atoms with E-state index in [9.17, 15) is 13.2 Å². The van der Waals surface area contributed by atoms with Crippen molar-refractivity contribution in [2.45, 2.75) is 62.7 Å². The van der Waals surface area contributed by atoms with Crippen LogP contribution in [0.25, 0.3) is 0 Å². The van der Waals surface area contributed by atoms with Crippen molar-refractivity contribution in [3.63, 3.8) is 0 Å². The average molecular weight is 389 g/mol. The average Bonchev–Trinajstić information content (AvgIpc) is 3.04. The number of carbonyl (C=O) groups is 1. The van der Waals surface area contributed by atoms with Crippen molar-refractivity contribution in [2.24, 2.45) is 5.92 Å². The van der Waals surface area contributed by atoms with Gasteiger partial charge < -0.3 is 4.90 Å². The van der Waals surface area contributed by atoms with Crippen LogP contribution in [-0.4, -0.2) is 27.4 Å². The van der Waals surface area contributed by atoms with Gasteiger partial charge in [-0.3, -0.25) is 4.79 Å². The molecule has 4 rings (SSSR count). The minimum atomic E-state index is -3.51. The Morgan fingerprint density at radius 1 is 1.15 bits per heavy atom. The Morgan fingerprint density at radius 3 is 2.70 bits per heavy atom. The molecular formula is C21H28N2O3S. The number of rotatable bonds is 6. The van der Waals surface area contributed by atoms with E-state index in [0.717, 1.165) is 56.2 Å². The van der Waals surface area contributed by atoms with Crippen LogP contribution < -0.4 is 9.62 Å². The Morgan fingerprint density at radius 2 is 2.00 bits per heavy atom. The Balaban J connectivity index is 1.41. The molecule has 146 valence electrons. The minimum Gasteiger partial charge on any atom is -0.312 e. The highest BCUT2D eigenvalue weighted by atomic mass is 32.2. The molecule has 1 N–H and O–H groups in total. The third kappa shape index (κ3) is 3.97. The monoisotopic (exact) mass is 388 g/mol. The Labute approximate surface area is 161 Å². The number of nitrogens with one attached hydrogen (secondary N) is 1. The highest BCUT2D eigenvalue weighted by Gasteiger charge is 2.33. The molecule has 1 saturated carbocycles. The van der Waals surface area contributed by atoms with Gasteiger partial charge in [0.25, 0.3) is 0 Å². The van der Waals surface area contributed by atoms with Gasteiger partial charge in [0.15, 0.2) is 0 Å². The molecule has 0 unspecified atom stereocenters. The molecule has 0 radical (unpaired) electrons. The van der Waals surface area contributed by atoms with Gasteiger partial charge in [-0.25, -0.2) is 13.1 Å². The number of carbonyl (C=O) groups excluding carboxylic acids is 1. The molecule has 1 heterocycles. The number of nitrogens with zero attached hydrogens (tertiary/aromatic N) is 1. The maximum atomic E-state index is 12.6. The van der Waals surface area contributed by atoms with E-state index >= 15 is 0 Å². The smallest absolute Gasteiger partial charge is 0.240 e. The molecule has 1 aromatic rings. The second-order valence-corrected chi connectivity index (χ2v) is 9.68. The van der Waals surface area contributed by atoms with Crippen LogP contribution in [0.5, 0.6) is 0 Å². The summed E-state index contributed by atoms with van der Waals surface area (Å²) in [6.45, 7) is 1.10. The molecule has 2 aliphatic carbocycles. The lowest BCUT2D eigenvalue weighted by Crippen LogP contribution is -2.37. The van der Waals surface area contributed by atoms with Crippen molar-refractivity contribution in [2.75, 3.05) is 18.0 Å². The fraction of sp³-hybridized carbons (Fsp3) is 0.571. The molecular weight excluding hydrogens is 360 g/mol. The summed E-state index contributed by atoms with van der Waals surface area (Å²) in [5.74, 6) is 0.365. The number of amides is 1. The molecule has 1 amide bonds. The molecule has 5 nitrogen and oxygen atoms in total. The number of sulfonamides is 1. The summed E-state index contributed by atoms with van der Waals surface area (Å²) in [6, 6.07) is 5.18. The van der Waals surface area contributed by atoms with E-state index in [-0.39, 0.29) is 11.8 Å². The summed E-state index contributed by atoms with van der Waals surface area (Å²) in [5.41, 5.74) is 3.21. The number of fused-ring (bicyclic) bond motifs is 1.